The van der Waals surface area contributed by atoms with E-state index < -0.39 is 0 Å². The Balaban J connectivity index is 1.59. The summed E-state index contributed by atoms with van der Waals surface area (Å²) in [6.45, 7) is 1.38. The predicted octanol–water partition coefficient (Wildman–Crippen LogP) is 3.89. The molecule has 6 heteroatoms. The third-order valence-corrected chi connectivity index (χ3v) is 4.60. The average molecular weight is 349 g/mol. The first-order valence-corrected chi connectivity index (χ1v) is 8.66. The quantitative estimate of drug-likeness (QED) is 0.748. The minimum atomic E-state index is -0.249. The van der Waals surface area contributed by atoms with Gasteiger partial charge in [0.2, 0.25) is 0 Å². The molecule has 0 aliphatic carbocycles. The second-order valence-electron chi connectivity index (χ2n) is 6.32. The largest absolute Gasteiger partial charge is 0.393 e. The summed E-state index contributed by atoms with van der Waals surface area (Å²) in [6, 6.07) is 14.7. The van der Waals surface area contributed by atoms with Gasteiger partial charge in [0.15, 0.2) is 11.6 Å². The van der Waals surface area contributed by atoms with Gasteiger partial charge in [-0.15, -0.1) is 0 Å². The number of nitrogens with two attached hydrogens (primary N) is 1. The van der Waals surface area contributed by atoms with Crippen molar-refractivity contribution in [3.05, 3.63) is 71.8 Å². The molecule has 0 fully saturated rings. The lowest BCUT2D eigenvalue weighted by Crippen LogP contribution is -2.26. The van der Waals surface area contributed by atoms with E-state index in [0.29, 0.717) is 23.9 Å². The minimum absolute atomic E-state index is 0.249. The fraction of sp³-hybridized carbons (Fsp3) is 0.200. The van der Waals surface area contributed by atoms with Crippen LogP contribution in [0.5, 0.6) is 0 Å². The van der Waals surface area contributed by atoms with Gasteiger partial charge >= 0.3 is 0 Å². The van der Waals surface area contributed by atoms with Gasteiger partial charge in [-0.05, 0) is 42.2 Å². The summed E-state index contributed by atoms with van der Waals surface area (Å²) in [5.41, 5.74) is 10.3. The number of nitrogens with zero attached hydrogens (tertiary/aromatic N) is 3. The Kier molecular flexibility index (Phi) is 4.39. The Morgan fingerprint density at radius 1 is 1.08 bits per heavy atom. The maximum atomic E-state index is 13.0. The van der Waals surface area contributed by atoms with Crippen LogP contribution in [-0.2, 0) is 13.0 Å². The lowest BCUT2D eigenvalue weighted by Gasteiger charge is -2.31. The Morgan fingerprint density at radius 3 is 2.73 bits per heavy atom. The zero-order chi connectivity index (χ0) is 17.9. The van der Waals surface area contributed by atoms with Crippen molar-refractivity contribution in [3.8, 4) is 0 Å². The molecule has 1 aliphatic heterocycles. The molecule has 0 saturated carbocycles. The maximum Gasteiger partial charge on any atom is 0.161 e. The fourth-order valence-corrected chi connectivity index (χ4v) is 3.28. The normalized spacial score (nSPS) is 13.3. The number of rotatable bonds is 4. The number of aryl methyl sites for hydroxylation is 1. The molecule has 1 aliphatic rings. The first-order valence-electron chi connectivity index (χ1n) is 8.66. The van der Waals surface area contributed by atoms with E-state index >= 15 is 0 Å². The van der Waals surface area contributed by atoms with Crippen LogP contribution in [-0.4, -0.2) is 16.5 Å². The van der Waals surface area contributed by atoms with Crippen molar-refractivity contribution in [2.75, 3.05) is 22.5 Å². The molecule has 5 nitrogen and oxygen atoms in total. The highest BCUT2D eigenvalue weighted by molar-refractivity contribution is 5.80. The summed E-state index contributed by atoms with van der Waals surface area (Å²) in [5, 5.41) is 3.23. The van der Waals surface area contributed by atoms with Crippen molar-refractivity contribution < 1.29 is 4.39 Å². The number of halogens is 1. The van der Waals surface area contributed by atoms with Crippen molar-refractivity contribution in [3.63, 3.8) is 0 Å². The third kappa shape index (κ3) is 3.18. The van der Waals surface area contributed by atoms with E-state index in [4.69, 9.17) is 5.73 Å². The van der Waals surface area contributed by atoms with Crippen molar-refractivity contribution in [1.82, 2.24) is 9.97 Å². The summed E-state index contributed by atoms with van der Waals surface area (Å²) in [6.07, 6.45) is 3.64. The van der Waals surface area contributed by atoms with Gasteiger partial charge in [0, 0.05) is 18.8 Å². The number of aromatic nitrogens is 2. The standard InChI is InChI=1S/C20H20FN5/c21-16-9-7-14(8-10-16)12-23-19-18(22)20(25-13-24-19)26-11-3-5-15-4-1-2-6-17(15)26/h1-2,4,6-10,13H,3,5,11-12,22H2,(H,23,24,25). The number of fused-ring (bicyclic) bond motifs is 1. The Bertz CT molecular complexity index is 910. The highest BCUT2D eigenvalue weighted by atomic mass is 19.1. The average Bonchev–Trinajstić information content (AvgIpc) is 2.68. The molecule has 0 radical (unpaired) electrons. The van der Waals surface area contributed by atoms with Crippen LogP contribution in [0.25, 0.3) is 0 Å². The summed E-state index contributed by atoms with van der Waals surface area (Å²) in [5.74, 6) is 1.05. The number of hydrogen-bond donors (Lipinski definition) is 2. The van der Waals surface area contributed by atoms with Crippen LogP contribution in [0.4, 0.5) is 27.4 Å². The number of para-hydroxylation sites is 1. The second kappa shape index (κ2) is 7.00. The molecule has 1 aromatic heterocycles. The van der Waals surface area contributed by atoms with E-state index in [0.717, 1.165) is 30.6 Å². The number of anilines is 4. The van der Waals surface area contributed by atoms with Crippen LogP contribution in [0.3, 0.4) is 0 Å². The van der Waals surface area contributed by atoms with Crippen molar-refractivity contribution in [2.24, 2.45) is 0 Å². The molecule has 0 amide bonds. The van der Waals surface area contributed by atoms with Gasteiger partial charge in [-0.25, -0.2) is 14.4 Å². The van der Waals surface area contributed by atoms with Gasteiger partial charge in [-0.2, -0.15) is 0 Å². The van der Waals surface area contributed by atoms with Crippen LogP contribution >= 0.6 is 0 Å². The summed E-state index contributed by atoms with van der Waals surface area (Å²) in [4.78, 5) is 10.9. The number of nitrogen functional groups attached to an aromatic ring is 1. The van der Waals surface area contributed by atoms with Gasteiger partial charge in [0.1, 0.15) is 17.8 Å². The van der Waals surface area contributed by atoms with Crippen molar-refractivity contribution in [2.45, 2.75) is 19.4 Å². The summed E-state index contributed by atoms with van der Waals surface area (Å²) >= 11 is 0. The van der Waals surface area contributed by atoms with Crippen LogP contribution in [0, 0.1) is 5.82 Å². The Labute approximate surface area is 151 Å². The summed E-state index contributed by atoms with van der Waals surface area (Å²) < 4.78 is 13.0. The minimum Gasteiger partial charge on any atom is -0.393 e. The first kappa shape index (κ1) is 16.3. The molecule has 0 spiro atoms. The van der Waals surface area contributed by atoms with E-state index in [1.165, 1.54) is 24.0 Å². The lowest BCUT2D eigenvalue weighted by atomic mass is 10.0. The second-order valence-corrected chi connectivity index (χ2v) is 6.32. The molecular weight excluding hydrogens is 329 g/mol. The van der Waals surface area contributed by atoms with Crippen molar-refractivity contribution >= 4 is 23.0 Å². The zero-order valence-electron chi connectivity index (χ0n) is 14.3. The fourth-order valence-electron chi connectivity index (χ4n) is 3.28. The highest BCUT2D eigenvalue weighted by Crippen LogP contribution is 2.36. The molecule has 3 N–H and O–H groups in total. The topological polar surface area (TPSA) is 67.1 Å². The molecule has 26 heavy (non-hydrogen) atoms. The van der Waals surface area contributed by atoms with Crippen LogP contribution < -0.4 is 16.0 Å². The third-order valence-electron chi connectivity index (χ3n) is 4.60. The Morgan fingerprint density at radius 2 is 1.88 bits per heavy atom. The number of benzene rings is 2. The monoisotopic (exact) mass is 349 g/mol. The van der Waals surface area contributed by atoms with Crippen LogP contribution in [0.1, 0.15) is 17.5 Å². The van der Waals surface area contributed by atoms with Crippen LogP contribution in [0.15, 0.2) is 54.9 Å². The molecule has 0 bridgehead atoms. The maximum absolute atomic E-state index is 13.0. The predicted molar refractivity (Wildman–Crippen MR) is 102 cm³/mol. The van der Waals surface area contributed by atoms with E-state index in [-0.39, 0.29) is 5.82 Å². The highest BCUT2D eigenvalue weighted by Gasteiger charge is 2.22. The van der Waals surface area contributed by atoms with Gasteiger partial charge in [-0.3, -0.25) is 0 Å². The Hall–Kier alpha value is -3.15. The van der Waals surface area contributed by atoms with Gasteiger partial charge in [0.25, 0.3) is 0 Å². The van der Waals surface area contributed by atoms with Gasteiger partial charge in [0.05, 0.1) is 0 Å². The molecule has 0 saturated heterocycles. The molecule has 132 valence electrons. The van der Waals surface area contributed by atoms with E-state index in [1.54, 1.807) is 12.1 Å². The first-order chi connectivity index (χ1) is 12.7. The molecule has 2 aromatic carbocycles. The molecule has 0 unspecified atom stereocenters. The number of nitrogens with one attached hydrogen (secondary N) is 1. The molecular formula is C20H20FN5. The molecule has 0 atom stereocenters. The van der Waals surface area contributed by atoms with Gasteiger partial charge in [-0.1, -0.05) is 30.3 Å². The van der Waals surface area contributed by atoms with Gasteiger partial charge < -0.3 is 16.0 Å². The molecule has 3 aromatic rings. The van der Waals surface area contributed by atoms with Crippen molar-refractivity contribution in [1.29, 1.82) is 0 Å². The molecule has 4 rings (SSSR count). The lowest BCUT2D eigenvalue weighted by molar-refractivity contribution is 0.627. The van der Waals surface area contributed by atoms with E-state index in [2.05, 4.69) is 38.4 Å². The summed E-state index contributed by atoms with van der Waals surface area (Å²) in [7, 11) is 0. The SMILES string of the molecule is Nc1c(NCc2ccc(F)cc2)ncnc1N1CCCc2ccccc21. The van der Waals surface area contributed by atoms with E-state index in [9.17, 15) is 4.39 Å². The number of hydrogen-bond acceptors (Lipinski definition) is 5. The van der Waals surface area contributed by atoms with E-state index in [1.807, 2.05) is 6.07 Å². The van der Waals surface area contributed by atoms with Crippen LogP contribution in [0.2, 0.25) is 0 Å². The smallest absolute Gasteiger partial charge is 0.161 e. The molecule has 2 heterocycles. The zero-order valence-corrected chi connectivity index (χ0v) is 14.3.